The van der Waals surface area contributed by atoms with Gasteiger partial charge in [-0.25, -0.2) is 0 Å². The largest absolute Gasteiger partial charge is 0.495 e. The summed E-state index contributed by atoms with van der Waals surface area (Å²) in [6.07, 6.45) is 0. The van der Waals surface area contributed by atoms with E-state index in [-0.39, 0.29) is 6.79 Å². The molecule has 3 aromatic carbocycles. The van der Waals surface area contributed by atoms with Crippen LogP contribution >= 0.6 is 0 Å². The molecule has 3 aromatic rings. The zero-order valence-corrected chi connectivity index (χ0v) is 22.3. The highest BCUT2D eigenvalue weighted by Crippen LogP contribution is 2.43. The van der Waals surface area contributed by atoms with Crippen LogP contribution in [0.3, 0.4) is 0 Å². The number of hydrogen-bond donors (Lipinski definition) is 0. The van der Waals surface area contributed by atoms with Crippen molar-refractivity contribution in [2.24, 2.45) is 0 Å². The topological polar surface area (TPSA) is 36.9 Å². The van der Waals surface area contributed by atoms with Crippen LogP contribution in [0.25, 0.3) is 22.3 Å². The van der Waals surface area contributed by atoms with E-state index in [9.17, 15) is 0 Å². The van der Waals surface area contributed by atoms with E-state index in [4.69, 9.17) is 18.8 Å². The van der Waals surface area contributed by atoms with E-state index in [2.05, 4.69) is 97.0 Å². The van der Waals surface area contributed by atoms with Gasteiger partial charge in [-0.3, -0.25) is 0 Å². The molecule has 0 spiro atoms. The molecule has 0 unspecified atom stereocenters. The van der Waals surface area contributed by atoms with Crippen molar-refractivity contribution < 1.29 is 18.8 Å². The van der Waals surface area contributed by atoms with Crippen LogP contribution in [-0.4, -0.2) is 32.2 Å². The van der Waals surface area contributed by atoms with Gasteiger partial charge in [-0.05, 0) is 80.4 Å². The first-order valence-electron chi connectivity index (χ1n) is 12.4. The first-order chi connectivity index (χ1) is 16.6. The minimum Gasteiger partial charge on any atom is -0.466 e. The summed E-state index contributed by atoms with van der Waals surface area (Å²) in [6.45, 7) is 15.0. The minimum absolute atomic E-state index is 0.158. The molecule has 1 aliphatic rings. The predicted octanol–water partition coefficient (Wildman–Crippen LogP) is 6.73. The molecule has 4 rings (SSSR count). The lowest BCUT2D eigenvalue weighted by Gasteiger charge is -2.32. The Kier molecular flexibility index (Phi) is 7.15. The van der Waals surface area contributed by atoms with Crippen molar-refractivity contribution in [3.8, 4) is 28.0 Å². The molecular weight excluding hydrogens is 435 g/mol. The van der Waals surface area contributed by atoms with Gasteiger partial charge in [0.1, 0.15) is 5.75 Å². The van der Waals surface area contributed by atoms with Gasteiger partial charge in [0.05, 0.1) is 11.2 Å². The van der Waals surface area contributed by atoms with Crippen molar-refractivity contribution in [1.82, 2.24) is 0 Å². The van der Waals surface area contributed by atoms with Crippen LogP contribution in [0.1, 0.15) is 58.6 Å². The van der Waals surface area contributed by atoms with Gasteiger partial charge in [-0.2, -0.15) is 0 Å². The number of hydrogen-bond acceptors (Lipinski definition) is 4. The quantitative estimate of drug-likeness (QED) is 0.282. The molecule has 5 heteroatoms. The van der Waals surface area contributed by atoms with Crippen molar-refractivity contribution >= 4 is 12.6 Å². The first kappa shape index (κ1) is 25.5. The highest BCUT2D eigenvalue weighted by molar-refractivity contribution is 6.64. The van der Waals surface area contributed by atoms with Gasteiger partial charge in [0.15, 0.2) is 6.79 Å². The van der Waals surface area contributed by atoms with Crippen LogP contribution in [0, 0.1) is 6.92 Å². The molecule has 1 heterocycles. The molecule has 4 nitrogen and oxygen atoms in total. The van der Waals surface area contributed by atoms with E-state index in [0.29, 0.717) is 5.92 Å². The molecule has 0 aliphatic carbocycles. The minimum atomic E-state index is -0.474. The molecule has 0 aromatic heterocycles. The molecule has 0 N–H and O–H groups in total. The molecule has 0 atom stereocenters. The Labute approximate surface area is 210 Å². The Hall–Kier alpha value is -2.60. The lowest BCUT2D eigenvalue weighted by Crippen LogP contribution is -2.41. The summed E-state index contributed by atoms with van der Waals surface area (Å²) in [7, 11) is 1.17. The average Bonchev–Trinajstić information content (AvgIpc) is 3.04. The second-order valence-electron chi connectivity index (χ2n) is 10.7. The summed E-state index contributed by atoms with van der Waals surface area (Å²) in [4.78, 5) is 0. The maximum Gasteiger partial charge on any atom is 0.495 e. The molecule has 1 aliphatic heterocycles. The third-order valence-corrected chi connectivity index (χ3v) is 7.19. The Morgan fingerprint density at radius 3 is 1.94 bits per heavy atom. The van der Waals surface area contributed by atoms with Crippen LogP contribution in [-0.2, 0) is 14.0 Å². The Balaban J connectivity index is 1.93. The van der Waals surface area contributed by atoms with Gasteiger partial charge in [0.2, 0.25) is 0 Å². The molecule has 35 heavy (non-hydrogen) atoms. The Morgan fingerprint density at radius 1 is 0.800 bits per heavy atom. The maximum atomic E-state index is 6.44. The van der Waals surface area contributed by atoms with E-state index < -0.39 is 18.3 Å². The average molecular weight is 472 g/mol. The van der Waals surface area contributed by atoms with Gasteiger partial charge < -0.3 is 18.8 Å². The molecule has 0 amide bonds. The van der Waals surface area contributed by atoms with Crippen molar-refractivity contribution in [3.05, 3.63) is 71.8 Å². The van der Waals surface area contributed by atoms with Crippen LogP contribution in [0.15, 0.2) is 60.7 Å². The third kappa shape index (κ3) is 4.90. The first-order valence-corrected chi connectivity index (χ1v) is 12.4. The fourth-order valence-corrected chi connectivity index (χ4v) is 4.61. The summed E-state index contributed by atoms with van der Waals surface area (Å²) in [5.74, 6) is 1.18. The number of methoxy groups -OCH3 is 1. The Bertz CT molecular complexity index is 1180. The molecular formula is C30H37BO4. The lowest BCUT2D eigenvalue weighted by atomic mass is 9.74. The molecule has 1 saturated heterocycles. The van der Waals surface area contributed by atoms with Gasteiger partial charge >= 0.3 is 7.12 Å². The van der Waals surface area contributed by atoms with Crippen LogP contribution < -0.4 is 10.2 Å². The van der Waals surface area contributed by atoms with Crippen molar-refractivity contribution in [2.75, 3.05) is 13.9 Å². The molecule has 0 saturated carbocycles. The monoisotopic (exact) mass is 472 g/mol. The zero-order valence-electron chi connectivity index (χ0n) is 22.3. The van der Waals surface area contributed by atoms with E-state index in [1.54, 1.807) is 7.11 Å². The fraction of sp³-hybridized carbons (Fsp3) is 0.400. The molecule has 1 fully saturated rings. The van der Waals surface area contributed by atoms with Gasteiger partial charge in [-0.1, -0.05) is 62.4 Å². The number of aryl methyl sites for hydroxylation is 1. The van der Waals surface area contributed by atoms with E-state index in [1.807, 2.05) is 12.1 Å². The number of benzene rings is 3. The van der Waals surface area contributed by atoms with Crippen LogP contribution in [0.2, 0.25) is 0 Å². The van der Waals surface area contributed by atoms with Crippen molar-refractivity contribution in [1.29, 1.82) is 0 Å². The van der Waals surface area contributed by atoms with Gasteiger partial charge in [-0.15, -0.1) is 0 Å². The zero-order chi connectivity index (χ0) is 25.4. The summed E-state index contributed by atoms with van der Waals surface area (Å²) < 4.78 is 24.5. The molecule has 0 radical (unpaired) electrons. The third-order valence-electron chi connectivity index (χ3n) is 7.19. The molecule has 0 bridgehead atoms. The predicted molar refractivity (Wildman–Crippen MR) is 144 cm³/mol. The number of ether oxygens (including phenoxy) is 2. The van der Waals surface area contributed by atoms with E-state index >= 15 is 0 Å². The number of rotatable bonds is 7. The van der Waals surface area contributed by atoms with E-state index in [1.165, 1.54) is 11.1 Å². The van der Waals surface area contributed by atoms with Crippen molar-refractivity contribution in [3.63, 3.8) is 0 Å². The summed E-state index contributed by atoms with van der Waals surface area (Å²) >= 11 is 0. The van der Waals surface area contributed by atoms with E-state index in [0.717, 1.165) is 33.5 Å². The Morgan fingerprint density at radius 2 is 1.34 bits per heavy atom. The fourth-order valence-electron chi connectivity index (χ4n) is 4.61. The van der Waals surface area contributed by atoms with Gasteiger partial charge in [0.25, 0.3) is 0 Å². The molecule has 184 valence electrons. The van der Waals surface area contributed by atoms with Gasteiger partial charge in [0, 0.05) is 18.2 Å². The SMILES string of the molecule is COCOc1c(-c2ccccc2B2OC(C)(C)C(C)(C)O2)cc(C)cc1-c1ccccc1C(C)C. The smallest absolute Gasteiger partial charge is 0.466 e. The summed E-state index contributed by atoms with van der Waals surface area (Å²) in [5, 5.41) is 0. The van der Waals surface area contributed by atoms with Crippen LogP contribution in [0.4, 0.5) is 0 Å². The maximum absolute atomic E-state index is 6.44. The second-order valence-corrected chi connectivity index (χ2v) is 10.7. The standard InChI is InChI=1S/C30H37BO4/c1-20(2)22-13-9-10-14-23(22)25-17-21(3)18-26(28(25)33-19-32-8)24-15-11-12-16-27(24)31-34-29(4,5)30(6,7)35-31/h9-18,20H,19H2,1-8H3. The summed E-state index contributed by atoms with van der Waals surface area (Å²) in [6, 6.07) is 21.2. The normalized spacial score (nSPS) is 16.7. The van der Waals surface area contributed by atoms with Crippen molar-refractivity contribution in [2.45, 2.75) is 65.6 Å². The summed E-state index contributed by atoms with van der Waals surface area (Å²) in [5.41, 5.74) is 6.85. The second kappa shape index (κ2) is 9.81. The van der Waals surface area contributed by atoms with Crippen LogP contribution in [0.5, 0.6) is 5.75 Å². The lowest BCUT2D eigenvalue weighted by molar-refractivity contribution is 0.00578. The highest BCUT2D eigenvalue weighted by Gasteiger charge is 2.52. The highest BCUT2D eigenvalue weighted by atomic mass is 16.7.